The number of nitrogens with zero attached hydrogens (tertiary/aromatic N) is 2. The zero-order chi connectivity index (χ0) is 30.6. The molecule has 0 radical (unpaired) electrons. The Morgan fingerprint density at radius 1 is 1.09 bits per heavy atom. The highest BCUT2D eigenvalue weighted by Crippen LogP contribution is 2.40. The van der Waals surface area contributed by atoms with E-state index in [2.05, 4.69) is 20.6 Å². The molecule has 0 saturated heterocycles. The highest BCUT2D eigenvalue weighted by Gasteiger charge is 2.41. The van der Waals surface area contributed by atoms with Gasteiger partial charge in [0, 0.05) is 30.1 Å². The van der Waals surface area contributed by atoms with Crippen LogP contribution in [0.15, 0.2) is 79.3 Å². The van der Waals surface area contributed by atoms with Gasteiger partial charge in [-0.1, -0.05) is 29.8 Å². The third-order valence-corrected chi connectivity index (χ3v) is 10.2. The van der Waals surface area contributed by atoms with E-state index in [0.29, 0.717) is 40.8 Å². The van der Waals surface area contributed by atoms with Crippen LogP contribution in [0.1, 0.15) is 38.3 Å². The Kier molecular flexibility index (Phi) is 9.19. The fourth-order valence-corrected chi connectivity index (χ4v) is 6.12. The third kappa shape index (κ3) is 6.92. The van der Waals surface area contributed by atoms with Crippen LogP contribution in [0.2, 0.25) is 5.02 Å². The zero-order valence-electron chi connectivity index (χ0n) is 24.2. The molecule has 5 rings (SSSR count). The Hall–Kier alpha value is -3.73. The first-order valence-corrected chi connectivity index (χ1v) is 16.1. The first-order chi connectivity index (χ1) is 20.6. The summed E-state index contributed by atoms with van der Waals surface area (Å²) in [7, 11) is -3.16. The molecule has 0 saturated carbocycles. The highest BCUT2D eigenvalue weighted by atomic mass is 35.5. The van der Waals surface area contributed by atoms with Crippen molar-refractivity contribution in [2.24, 2.45) is 0 Å². The van der Waals surface area contributed by atoms with E-state index in [-0.39, 0.29) is 24.2 Å². The number of halogens is 2. The third-order valence-electron chi connectivity index (χ3n) is 7.65. The molecule has 0 fully saturated rings. The van der Waals surface area contributed by atoms with Crippen molar-refractivity contribution < 1.29 is 22.3 Å². The molecule has 2 atom stereocenters. The Morgan fingerprint density at radius 3 is 2.65 bits per heavy atom. The van der Waals surface area contributed by atoms with Crippen molar-refractivity contribution in [3.63, 3.8) is 0 Å². The summed E-state index contributed by atoms with van der Waals surface area (Å²) in [6.45, 7) is 5.89. The monoisotopic (exact) mass is 624 g/mol. The topological polar surface area (TPSA) is 102 Å². The number of hydrogen-bond donors (Lipinski definition) is 2. The standard InChI is InChI=1S/C32H34ClFN4O4S/c1-21(2)43(39,40)15-13-35-22(3)32(12-5-14-42-32)24-8-10-29-27(17-24)31(37-20-36-29)38-26-9-11-30(28(33)18-26)41-19-23-6-4-7-25(34)16-23/h4-11,14,16-18,20-22,35H,12-13,15,19H2,1-3H3,(H,36,37,38). The molecule has 0 spiro atoms. The van der Waals surface area contributed by atoms with E-state index in [0.717, 1.165) is 16.5 Å². The molecule has 2 heterocycles. The molecule has 226 valence electrons. The van der Waals surface area contributed by atoms with Crippen molar-refractivity contribution >= 4 is 43.8 Å². The molecular formula is C32H34ClFN4O4S. The van der Waals surface area contributed by atoms with Crippen LogP contribution >= 0.6 is 11.6 Å². The number of anilines is 2. The van der Waals surface area contributed by atoms with E-state index < -0.39 is 20.7 Å². The van der Waals surface area contributed by atoms with Crippen molar-refractivity contribution in [2.45, 2.75) is 50.7 Å². The van der Waals surface area contributed by atoms with Crippen molar-refractivity contribution in [1.82, 2.24) is 15.3 Å². The Labute approximate surface area is 256 Å². The van der Waals surface area contributed by atoms with Gasteiger partial charge in [0.05, 0.1) is 27.8 Å². The molecule has 0 aliphatic carbocycles. The van der Waals surface area contributed by atoms with E-state index in [1.165, 1.54) is 18.5 Å². The number of sulfone groups is 1. The fourth-order valence-electron chi connectivity index (χ4n) is 5.01. The second-order valence-electron chi connectivity index (χ2n) is 10.8. The zero-order valence-corrected chi connectivity index (χ0v) is 25.8. The average molecular weight is 625 g/mol. The maximum absolute atomic E-state index is 13.5. The Bertz CT molecular complexity index is 1740. The molecule has 0 amide bonds. The molecule has 8 nitrogen and oxygen atoms in total. The van der Waals surface area contributed by atoms with Crippen LogP contribution in [-0.4, -0.2) is 42.0 Å². The van der Waals surface area contributed by atoms with Gasteiger partial charge in [0.2, 0.25) is 0 Å². The van der Waals surface area contributed by atoms with Crippen molar-refractivity contribution in [2.75, 3.05) is 17.6 Å². The van der Waals surface area contributed by atoms with E-state index in [4.69, 9.17) is 21.1 Å². The van der Waals surface area contributed by atoms with Crippen molar-refractivity contribution in [3.8, 4) is 5.75 Å². The minimum Gasteiger partial charge on any atom is -0.489 e. The normalized spacial score (nSPS) is 17.3. The highest BCUT2D eigenvalue weighted by molar-refractivity contribution is 7.92. The van der Waals surface area contributed by atoms with Gasteiger partial charge >= 0.3 is 0 Å². The van der Waals surface area contributed by atoms with Gasteiger partial charge in [0.1, 0.15) is 30.3 Å². The van der Waals surface area contributed by atoms with E-state index in [1.54, 1.807) is 44.4 Å². The van der Waals surface area contributed by atoms with Crippen LogP contribution < -0.4 is 15.4 Å². The summed E-state index contributed by atoms with van der Waals surface area (Å²) in [5, 5.41) is 7.47. The Morgan fingerprint density at radius 2 is 1.93 bits per heavy atom. The van der Waals surface area contributed by atoms with Crippen LogP contribution in [0.3, 0.4) is 0 Å². The molecule has 4 aromatic rings. The maximum atomic E-state index is 13.5. The lowest BCUT2D eigenvalue weighted by molar-refractivity contribution is 0.00892. The lowest BCUT2D eigenvalue weighted by Crippen LogP contribution is -2.47. The summed E-state index contributed by atoms with van der Waals surface area (Å²) >= 11 is 6.52. The van der Waals surface area contributed by atoms with Crippen molar-refractivity contribution in [3.05, 3.63) is 101 Å². The number of aromatic nitrogens is 2. The van der Waals surface area contributed by atoms with Gasteiger partial charge in [-0.15, -0.1) is 0 Å². The SMILES string of the molecule is CC(NCCS(=O)(=O)C(C)C)C1(c2ccc3ncnc(Nc4ccc(OCc5cccc(F)c5)c(Cl)c4)c3c2)CC=CO1. The fraction of sp³-hybridized carbons (Fsp3) is 0.312. The molecule has 3 aromatic carbocycles. The molecular weight excluding hydrogens is 591 g/mol. The predicted octanol–water partition coefficient (Wildman–Crippen LogP) is 6.68. The number of hydrogen-bond acceptors (Lipinski definition) is 8. The molecule has 0 bridgehead atoms. The van der Waals surface area contributed by atoms with Crippen LogP contribution in [0.25, 0.3) is 10.9 Å². The lowest BCUT2D eigenvalue weighted by Gasteiger charge is -2.36. The minimum absolute atomic E-state index is 0.0509. The molecule has 1 aromatic heterocycles. The van der Waals surface area contributed by atoms with E-state index in [9.17, 15) is 12.8 Å². The van der Waals surface area contributed by atoms with Crippen LogP contribution in [0, 0.1) is 5.82 Å². The summed E-state index contributed by atoms with van der Waals surface area (Å²) in [5.74, 6) is 0.786. The summed E-state index contributed by atoms with van der Waals surface area (Å²) in [4.78, 5) is 8.94. The molecule has 2 unspecified atom stereocenters. The maximum Gasteiger partial charge on any atom is 0.153 e. The minimum atomic E-state index is -3.16. The van der Waals surface area contributed by atoms with Crippen LogP contribution in [0.4, 0.5) is 15.9 Å². The number of fused-ring (bicyclic) bond motifs is 1. The number of rotatable bonds is 12. The summed E-state index contributed by atoms with van der Waals surface area (Å²) in [6.07, 6.45) is 5.76. The van der Waals surface area contributed by atoms with Gasteiger partial charge in [-0.2, -0.15) is 0 Å². The largest absolute Gasteiger partial charge is 0.489 e. The quantitative estimate of drug-likeness (QED) is 0.180. The second kappa shape index (κ2) is 12.9. The summed E-state index contributed by atoms with van der Waals surface area (Å²) < 4.78 is 50.2. The average Bonchev–Trinajstić information content (AvgIpc) is 3.48. The van der Waals surface area contributed by atoms with E-state index in [1.807, 2.05) is 37.3 Å². The number of ether oxygens (including phenoxy) is 2. The van der Waals surface area contributed by atoms with Crippen molar-refractivity contribution in [1.29, 1.82) is 0 Å². The number of benzene rings is 3. The summed E-state index contributed by atoms with van der Waals surface area (Å²) in [6, 6.07) is 17.3. The molecule has 43 heavy (non-hydrogen) atoms. The van der Waals surface area contributed by atoms with Gasteiger partial charge < -0.3 is 20.1 Å². The second-order valence-corrected chi connectivity index (χ2v) is 13.9. The first kappa shape index (κ1) is 30.7. The summed E-state index contributed by atoms with van der Waals surface area (Å²) in [5.41, 5.74) is 2.32. The number of nitrogens with one attached hydrogen (secondary N) is 2. The molecule has 1 aliphatic rings. The predicted molar refractivity (Wildman–Crippen MR) is 168 cm³/mol. The lowest BCUT2D eigenvalue weighted by atomic mass is 9.84. The Balaban J connectivity index is 1.35. The van der Waals surface area contributed by atoms with E-state index >= 15 is 0 Å². The van der Waals surface area contributed by atoms with Gasteiger partial charge in [-0.25, -0.2) is 22.8 Å². The molecule has 1 aliphatic heterocycles. The molecule has 11 heteroatoms. The van der Waals surface area contributed by atoms with Crippen LogP contribution in [0.5, 0.6) is 5.75 Å². The smallest absolute Gasteiger partial charge is 0.153 e. The van der Waals surface area contributed by atoms with Gasteiger partial charge in [-0.3, -0.25) is 0 Å². The van der Waals surface area contributed by atoms with Gasteiger partial charge in [-0.05, 0) is 80.4 Å². The first-order valence-electron chi connectivity index (χ1n) is 14.0. The van der Waals surface area contributed by atoms with Crippen LogP contribution in [-0.2, 0) is 26.8 Å². The van der Waals surface area contributed by atoms with Gasteiger partial charge in [0.25, 0.3) is 0 Å². The van der Waals surface area contributed by atoms with Gasteiger partial charge in [0.15, 0.2) is 15.4 Å². The molecule has 2 N–H and O–H groups in total.